The van der Waals surface area contributed by atoms with Gasteiger partial charge in [0.2, 0.25) is 0 Å². The molecule has 2 N–H and O–H groups in total. The molecule has 4 heterocycles. The molecule has 0 radical (unpaired) electrons. The number of nitrogens with two attached hydrogens (primary N) is 1. The molecule has 5 nitrogen and oxygen atoms in total. The van der Waals surface area contributed by atoms with Crippen LogP contribution in [0.2, 0.25) is 0 Å². The quantitative estimate of drug-likeness (QED) is 0.845. The van der Waals surface area contributed by atoms with Gasteiger partial charge in [0.15, 0.2) is 0 Å². The molecule has 3 aliphatic rings. The molecule has 1 aromatic carbocycles. The Balaban J connectivity index is 1.27. The Kier molecular flexibility index (Phi) is 5.23. The average Bonchev–Trinajstić information content (AvgIpc) is 3.17. The first-order valence-corrected chi connectivity index (χ1v) is 11.4. The normalized spacial score (nSPS) is 28.4. The van der Waals surface area contributed by atoms with Crippen molar-refractivity contribution in [3.05, 3.63) is 53.1 Å². The van der Waals surface area contributed by atoms with Crippen molar-refractivity contribution in [2.75, 3.05) is 20.1 Å². The van der Waals surface area contributed by atoms with E-state index in [4.69, 9.17) is 10.7 Å². The van der Waals surface area contributed by atoms with Gasteiger partial charge in [-0.25, -0.2) is 4.98 Å². The van der Waals surface area contributed by atoms with Crippen molar-refractivity contribution in [3.8, 4) is 0 Å². The van der Waals surface area contributed by atoms with Crippen LogP contribution in [0.1, 0.15) is 67.0 Å². The first-order valence-electron chi connectivity index (χ1n) is 11.4. The maximum Gasteiger partial charge on any atom is 0.106 e. The molecule has 29 heavy (non-hydrogen) atoms. The van der Waals surface area contributed by atoms with E-state index < -0.39 is 0 Å². The van der Waals surface area contributed by atoms with Crippen LogP contribution in [-0.4, -0.2) is 51.6 Å². The van der Waals surface area contributed by atoms with Crippen LogP contribution in [0.3, 0.4) is 0 Å². The van der Waals surface area contributed by atoms with Crippen molar-refractivity contribution in [2.24, 2.45) is 5.73 Å². The Morgan fingerprint density at radius 2 is 1.83 bits per heavy atom. The van der Waals surface area contributed by atoms with E-state index in [2.05, 4.69) is 58.7 Å². The van der Waals surface area contributed by atoms with Crippen molar-refractivity contribution >= 4 is 0 Å². The summed E-state index contributed by atoms with van der Waals surface area (Å²) in [5.74, 6) is 1.23. The van der Waals surface area contributed by atoms with Crippen LogP contribution < -0.4 is 5.73 Å². The number of fused-ring (bicyclic) bond motifs is 3. The standard InChI is InChI=1S/C24H35N5/c1-17-26-23-11-12-27(2)16-24(23)29(17)21-14-19-8-9-20(15-21)28(19)13-10-22(25)18-6-4-3-5-7-18/h3-7,19-22H,8-16,25H2,1-2H3/t19-,20+,21+,22-/m0/s1. The molecular formula is C24H35N5. The van der Waals surface area contributed by atoms with Gasteiger partial charge in [-0.2, -0.15) is 0 Å². The second kappa shape index (κ2) is 7.86. The molecule has 2 aromatic rings. The van der Waals surface area contributed by atoms with Crippen molar-refractivity contribution in [1.82, 2.24) is 19.4 Å². The third-order valence-corrected chi connectivity index (χ3v) is 7.57. The molecule has 2 saturated heterocycles. The van der Waals surface area contributed by atoms with E-state index in [0.29, 0.717) is 18.1 Å². The number of imidazole rings is 1. The minimum absolute atomic E-state index is 0.145. The van der Waals surface area contributed by atoms with E-state index in [0.717, 1.165) is 32.5 Å². The number of aryl methyl sites for hydroxylation is 1. The van der Waals surface area contributed by atoms with Gasteiger partial charge in [-0.1, -0.05) is 30.3 Å². The van der Waals surface area contributed by atoms with Crippen molar-refractivity contribution < 1.29 is 0 Å². The summed E-state index contributed by atoms with van der Waals surface area (Å²) in [4.78, 5) is 10.2. The number of aromatic nitrogens is 2. The molecule has 156 valence electrons. The largest absolute Gasteiger partial charge is 0.328 e. The first kappa shape index (κ1) is 19.3. The minimum Gasteiger partial charge on any atom is -0.328 e. The maximum atomic E-state index is 6.49. The highest BCUT2D eigenvalue weighted by Gasteiger charge is 2.42. The van der Waals surface area contributed by atoms with Crippen LogP contribution in [-0.2, 0) is 13.0 Å². The number of nitrogens with zero attached hydrogens (tertiary/aromatic N) is 4. The van der Waals surface area contributed by atoms with Gasteiger partial charge in [0.25, 0.3) is 0 Å². The third-order valence-electron chi connectivity index (χ3n) is 7.57. The van der Waals surface area contributed by atoms with E-state index in [1.165, 1.54) is 48.5 Å². The lowest BCUT2D eigenvalue weighted by Gasteiger charge is -2.41. The summed E-state index contributed by atoms with van der Waals surface area (Å²) in [5, 5.41) is 0. The zero-order chi connectivity index (χ0) is 20.0. The van der Waals surface area contributed by atoms with Gasteiger partial charge >= 0.3 is 0 Å². The highest BCUT2D eigenvalue weighted by atomic mass is 15.3. The van der Waals surface area contributed by atoms with Gasteiger partial charge in [-0.15, -0.1) is 0 Å². The Morgan fingerprint density at radius 1 is 1.10 bits per heavy atom. The Labute approximate surface area is 174 Å². The number of hydrogen-bond donors (Lipinski definition) is 1. The highest BCUT2D eigenvalue weighted by molar-refractivity contribution is 5.22. The first-order chi connectivity index (χ1) is 14.1. The summed E-state index contributed by atoms with van der Waals surface area (Å²) in [6, 6.07) is 12.8. The second-order valence-corrected chi connectivity index (χ2v) is 9.46. The number of rotatable bonds is 5. The van der Waals surface area contributed by atoms with Gasteiger partial charge in [0.1, 0.15) is 5.82 Å². The molecule has 4 atom stereocenters. The fraction of sp³-hybridized carbons (Fsp3) is 0.625. The summed E-state index contributed by atoms with van der Waals surface area (Å²) in [6.45, 7) is 5.53. The van der Waals surface area contributed by atoms with E-state index in [1.807, 2.05) is 0 Å². The van der Waals surface area contributed by atoms with Gasteiger partial charge < -0.3 is 15.2 Å². The van der Waals surface area contributed by atoms with Crippen molar-refractivity contribution in [3.63, 3.8) is 0 Å². The zero-order valence-corrected chi connectivity index (χ0v) is 17.9. The zero-order valence-electron chi connectivity index (χ0n) is 17.9. The minimum atomic E-state index is 0.145. The summed E-state index contributed by atoms with van der Waals surface area (Å²) >= 11 is 0. The van der Waals surface area contributed by atoms with Gasteiger partial charge in [-0.3, -0.25) is 4.90 Å². The van der Waals surface area contributed by atoms with E-state index in [1.54, 1.807) is 0 Å². The summed E-state index contributed by atoms with van der Waals surface area (Å²) in [6.07, 6.45) is 7.37. The number of likely N-dealkylation sites (N-methyl/N-ethyl adjacent to an activating group) is 1. The van der Waals surface area contributed by atoms with Crippen molar-refractivity contribution in [2.45, 2.75) is 76.2 Å². The number of piperidine rings is 1. The molecule has 5 rings (SSSR count). The summed E-state index contributed by atoms with van der Waals surface area (Å²) in [7, 11) is 2.23. The van der Waals surface area contributed by atoms with Crippen LogP contribution in [0.5, 0.6) is 0 Å². The van der Waals surface area contributed by atoms with Crippen LogP contribution in [0.25, 0.3) is 0 Å². The molecule has 0 spiro atoms. The molecule has 2 bridgehead atoms. The molecule has 0 unspecified atom stereocenters. The number of hydrogen-bond acceptors (Lipinski definition) is 4. The highest BCUT2D eigenvalue weighted by Crippen LogP contribution is 2.42. The number of benzene rings is 1. The lowest BCUT2D eigenvalue weighted by Crippen LogP contribution is -2.45. The molecule has 1 aromatic heterocycles. The molecule has 0 saturated carbocycles. The fourth-order valence-electron chi connectivity index (χ4n) is 6.11. The summed E-state index contributed by atoms with van der Waals surface area (Å²) in [5.41, 5.74) is 10.6. The Bertz CT molecular complexity index is 830. The molecule has 0 amide bonds. The summed E-state index contributed by atoms with van der Waals surface area (Å²) < 4.78 is 2.61. The van der Waals surface area contributed by atoms with Crippen LogP contribution >= 0.6 is 0 Å². The molecule has 0 aliphatic carbocycles. The Hall–Kier alpha value is -1.69. The van der Waals surface area contributed by atoms with Crippen LogP contribution in [0.15, 0.2) is 30.3 Å². The SMILES string of the molecule is Cc1nc2c(n1[C@H]1C[C@H]3CC[C@@H](C1)N3CC[C@H](N)c1ccccc1)CN(C)CC2. The van der Waals surface area contributed by atoms with Gasteiger partial charge in [-0.05, 0) is 51.6 Å². The molecule has 2 fully saturated rings. The lowest BCUT2D eigenvalue weighted by atomic mass is 9.95. The lowest BCUT2D eigenvalue weighted by molar-refractivity contribution is 0.100. The molecule has 5 heteroatoms. The smallest absolute Gasteiger partial charge is 0.106 e. The van der Waals surface area contributed by atoms with E-state index in [-0.39, 0.29) is 6.04 Å². The molecule has 3 aliphatic heterocycles. The third kappa shape index (κ3) is 3.65. The van der Waals surface area contributed by atoms with Crippen LogP contribution in [0.4, 0.5) is 0 Å². The van der Waals surface area contributed by atoms with E-state index in [9.17, 15) is 0 Å². The van der Waals surface area contributed by atoms with E-state index >= 15 is 0 Å². The van der Waals surface area contributed by atoms with Gasteiger partial charge in [0, 0.05) is 50.2 Å². The van der Waals surface area contributed by atoms with Crippen molar-refractivity contribution in [1.29, 1.82) is 0 Å². The monoisotopic (exact) mass is 393 g/mol. The maximum absolute atomic E-state index is 6.49. The van der Waals surface area contributed by atoms with Gasteiger partial charge in [0.05, 0.1) is 11.4 Å². The predicted molar refractivity (Wildman–Crippen MR) is 117 cm³/mol. The van der Waals surface area contributed by atoms with Crippen LogP contribution in [0, 0.1) is 6.92 Å². The predicted octanol–water partition coefficient (Wildman–Crippen LogP) is 3.44. The fourth-order valence-corrected chi connectivity index (χ4v) is 6.11. The topological polar surface area (TPSA) is 50.3 Å². The molecular weight excluding hydrogens is 358 g/mol. The second-order valence-electron chi connectivity index (χ2n) is 9.46. The average molecular weight is 394 g/mol. The Morgan fingerprint density at radius 3 is 2.55 bits per heavy atom.